The molecule has 37 heavy (non-hydrogen) atoms. The summed E-state index contributed by atoms with van der Waals surface area (Å²) in [6.45, 7) is 3.78. The minimum Gasteiger partial charge on any atom is -0.506 e. The summed E-state index contributed by atoms with van der Waals surface area (Å²) in [5.41, 5.74) is 1.16. The molecule has 0 saturated carbocycles. The van der Waals surface area contributed by atoms with Crippen LogP contribution < -0.4 is 9.80 Å². The van der Waals surface area contributed by atoms with Gasteiger partial charge in [0.25, 0.3) is 5.69 Å². The standard InChI is InChI=1S/C26H27N7O4/c27-18-21(24(34)19-9-10-22(23(17-19)33(35)36)30-11-5-2-6-12-30)25-28-29-26(31-13-15-37-16-14-31)32(25)20-7-3-1-4-8-20/h1,3-4,7-10,17,34H,2,5-6,11-16H2/b24-21-. The van der Waals surface area contributed by atoms with Crippen molar-refractivity contribution in [3.63, 3.8) is 0 Å². The van der Waals surface area contributed by atoms with Crippen LogP contribution in [0, 0.1) is 21.4 Å². The van der Waals surface area contributed by atoms with E-state index in [0.29, 0.717) is 37.9 Å². The molecule has 2 fully saturated rings. The van der Waals surface area contributed by atoms with Crippen molar-refractivity contribution >= 4 is 28.7 Å². The Bertz CT molecular complexity index is 1350. The summed E-state index contributed by atoms with van der Waals surface area (Å²) >= 11 is 0. The highest BCUT2D eigenvalue weighted by Gasteiger charge is 2.27. The van der Waals surface area contributed by atoms with Crippen LogP contribution in [0.4, 0.5) is 17.3 Å². The Morgan fingerprint density at radius 2 is 1.73 bits per heavy atom. The molecule has 1 aromatic heterocycles. The Hall–Kier alpha value is -4.43. The van der Waals surface area contributed by atoms with Gasteiger partial charge in [-0.05, 0) is 43.5 Å². The molecule has 0 radical (unpaired) electrons. The summed E-state index contributed by atoms with van der Waals surface area (Å²) in [6.07, 6.45) is 3.05. The smallest absolute Gasteiger partial charge is 0.293 e. The lowest BCUT2D eigenvalue weighted by molar-refractivity contribution is -0.384. The molecule has 11 heteroatoms. The lowest BCUT2D eigenvalue weighted by Gasteiger charge is -2.28. The van der Waals surface area contributed by atoms with E-state index in [9.17, 15) is 20.5 Å². The van der Waals surface area contributed by atoms with E-state index in [1.165, 1.54) is 6.07 Å². The first kappa shape index (κ1) is 24.3. The minimum absolute atomic E-state index is 0.109. The Morgan fingerprint density at radius 1 is 1.00 bits per heavy atom. The fraction of sp³-hybridized carbons (Fsp3) is 0.346. The normalized spacial score (nSPS) is 16.7. The van der Waals surface area contributed by atoms with Crippen molar-refractivity contribution in [2.24, 2.45) is 0 Å². The average molecular weight is 502 g/mol. The zero-order valence-electron chi connectivity index (χ0n) is 20.3. The van der Waals surface area contributed by atoms with Crippen LogP contribution >= 0.6 is 0 Å². The van der Waals surface area contributed by atoms with Gasteiger partial charge in [0.1, 0.15) is 23.1 Å². The van der Waals surface area contributed by atoms with Gasteiger partial charge in [-0.2, -0.15) is 5.26 Å². The molecule has 0 amide bonds. The summed E-state index contributed by atoms with van der Waals surface area (Å²) in [6, 6.07) is 16.0. The zero-order valence-corrected chi connectivity index (χ0v) is 20.3. The van der Waals surface area contributed by atoms with E-state index in [1.54, 1.807) is 16.7 Å². The van der Waals surface area contributed by atoms with Gasteiger partial charge in [-0.25, -0.2) is 0 Å². The number of piperidine rings is 1. The Morgan fingerprint density at radius 3 is 2.41 bits per heavy atom. The maximum Gasteiger partial charge on any atom is 0.293 e. The Balaban J connectivity index is 1.61. The number of hydrogen-bond acceptors (Lipinski definition) is 9. The molecule has 2 aromatic carbocycles. The predicted octanol–water partition coefficient (Wildman–Crippen LogP) is 3.95. The lowest BCUT2D eigenvalue weighted by Crippen LogP contribution is -2.38. The summed E-state index contributed by atoms with van der Waals surface area (Å²) in [4.78, 5) is 15.5. The molecule has 0 atom stereocenters. The number of ether oxygens (including phenoxy) is 1. The highest BCUT2D eigenvalue weighted by molar-refractivity contribution is 5.93. The van der Waals surface area contributed by atoms with Crippen LogP contribution in [-0.2, 0) is 4.74 Å². The van der Waals surface area contributed by atoms with Gasteiger partial charge >= 0.3 is 0 Å². The second-order valence-corrected chi connectivity index (χ2v) is 8.94. The number of nitro groups is 1. The fourth-order valence-electron chi connectivity index (χ4n) is 4.79. The van der Waals surface area contributed by atoms with E-state index in [0.717, 1.165) is 38.0 Å². The van der Waals surface area contributed by atoms with Gasteiger partial charge in [-0.15, -0.1) is 10.2 Å². The maximum atomic E-state index is 11.9. The van der Waals surface area contributed by atoms with E-state index >= 15 is 0 Å². The molecule has 0 unspecified atom stereocenters. The molecule has 0 bridgehead atoms. The van der Waals surface area contributed by atoms with Crippen molar-refractivity contribution in [2.45, 2.75) is 19.3 Å². The first-order chi connectivity index (χ1) is 18.1. The van der Waals surface area contributed by atoms with Crippen LogP contribution in [0.2, 0.25) is 0 Å². The average Bonchev–Trinajstić information content (AvgIpc) is 3.39. The number of rotatable bonds is 6. The SMILES string of the molecule is N#C/C(=C(/O)c1ccc(N2CCCCC2)c([N+](=O)[O-])c1)c1nnc(N2CCOCC2)n1-c1ccccc1. The lowest BCUT2D eigenvalue weighted by atomic mass is 10.0. The van der Waals surface area contributed by atoms with E-state index in [-0.39, 0.29) is 22.6 Å². The summed E-state index contributed by atoms with van der Waals surface area (Å²) in [7, 11) is 0. The number of allylic oxidation sites excluding steroid dienone is 1. The van der Waals surface area contributed by atoms with Gasteiger partial charge in [-0.1, -0.05) is 18.2 Å². The number of aliphatic hydroxyl groups excluding tert-OH is 1. The number of nitriles is 1. The third-order valence-electron chi connectivity index (χ3n) is 6.67. The van der Waals surface area contributed by atoms with Crippen molar-refractivity contribution in [1.29, 1.82) is 5.26 Å². The van der Waals surface area contributed by atoms with Crippen molar-refractivity contribution < 1.29 is 14.8 Å². The molecule has 3 heterocycles. The van der Waals surface area contributed by atoms with Gasteiger partial charge in [0.2, 0.25) is 5.95 Å². The van der Waals surface area contributed by atoms with Crippen LogP contribution in [-0.4, -0.2) is 64.2 Å². The molecule has 1 N–H and O–H groups in total. The van der Waals surface area contributed by atoms with E-state index in [1.807, 2.05) is 40.1 Å². The third-order valence-corrected chi connectivity index (χ3v) is 6.67. The van der Waals surface area contributed by atoms with Gasteiger partial charge < -0.3 is 19.6 Å². The van der Waals surface area contributed by atoms with E-state index in [2.05, 4.69) is 16.3 Å². The second kappa shape index (κ2) is 10.7. The van der Waals surface area contributed by atoms with E-state index in [4.69, 9.17) is 4.74 Å². The molecular formula is C26H27N7O4. The molecule has 11 nitrogen and oxygen atoms in total. The summed E-state index contributed by atoms with van der Waals surface area (Å²) in [5, 5.41) is 41.9. The predicted molar refractivity (Wildman–Crippen MR) is 139 cm³/mol. The highest BCUT2D eigenvalue weighted by atomic mass is 16.6. The van der Waals surface area contributed by atoms with Crippen molar-refractivity contribution in [3.05, 3.63) is 70.0 Å². The number of morpholine rings is 1. The van der Waals surface area contributed by atoms with Gasteiger partial charge in [0, 0.05) is 37.8 Å². The molecule has 0 spiro atoms. The number of nitrogens with zero attached hydrogens (tertiary/aromatic N) is 7. The first-order valence-corrected chi connectivity index (χ1v) is 12.3. The number of nitro benzene ring substituents is 1. The van der Waals surface area contributed by atoms with Crippen molar-refractivity contribution in [2.75, 3.05) is 49.2 Å². The van der Waals surface area contributed by atoms with Crippen LogP contribution in [0.3, 0.4) is 0 Å². The largest absolute Gasteiger partial charge is 0.506 e. The molecule has 5 rings (SSSR count). The van der Waals surface area contributed by atoms with Crippen molar-refractivity contribution in [3.8, 4) is 11.8 Å². The first-order valence-electron chi connectivity index (χ1n) is 12.3. The molecule has 190 valence electrons. The second-order valence-electron chi connectivity index (χ2n) is 8.94. The summed E-state index contributed by atoms with van der Waals surface area (Å²) in [5.74, 6) is 0.279. The number of aliphatic hydroxyl groups is 1. The number of hydrogen-bond donors (Lipinski definition) is 1. The molecular weight excluding hydrogens is 474 g/mol. The van der Waals surface area contributed by atoms with Crippen LogP contribution in [0.15, 0.2) is 48.5 Å². The number of anilines is 2. The Kier molecular flexibility index (Phi) is 7.00. The molecule has 2 saturated heterocycles. The number of para-hydroxylation sites is 1. The quantitative estimate of drug-likeness (QED) is 0.231. The van der Waals surface area contributed by atoms with Gasteiger partial charge in [0.05, 0.1) is 23.8 Å². The van der Waals surface area contributed by atoms with Gasteiger partial charge in [0.15, 0.2) is 5.82 Å². The number of benzene rings is 2. The van der Waals surface area contributed by atoms with Crippen LogP contribution in [0.1, 0.15) is 30.7 Å². The molecule has 2 aliphatic heterocycles. The minimum atomic E-state index is -0.449. The number of aromatic nitrogens is 3. The van der Waals surface area contributed by atoms with Gasteiger partial charge in [-0.3, -0.25) is 14.7 Å². The Labute approximate surface area is 214 Å². The van der Waals surface area contributed by atoms with Crippen molar-refractivity contribution in [1.82, 2.24) is 14.8 Å². The highest BCUT2D eigenvalue weighted by Crippen LogP contribution is 2.35. The molecule has 3 aromatic rings. The third kappa shape index (κ3) is 4.83. The topological polar surface area (TPSA) is 134 Å². The monoisotopic (exact) mass is 501 g/mol. The maximum absolute atomic E-state index is 11.9. The zero-order chi connectivity index (χ0) is 25.8. The fourth-order valence-corrected chi connectivity index (χ4v) is 4.79. The van der Waals surface area contributed by atoms with E-state index < -0.39 is 10.7 Å². The van der Waals surface area contributed by atoms with Crippen LogP contribution in [0.25, 0.3) is 17.0 Å². The molecule has 2 aliphatic rings. The summed E-state index contributed by atoms with van der Waals surface area (Å²) < 4.78 is 7.18. The molecule has 0 aliphatic carbocycles. The van der Waals surface area contributed by atoms with Crippen LogP contribution in [0.5, 0.6) is 0 Å².